The van der Waals surface area contributed by atoms with E-state index >= 15 is 0 Å². The van der Waals surface area contributed by atoms with Crippen molar-refractivity contribution in [2.24, 2.45) is 0 Å². The molecule has 2 aromatic rings. The first kappa shape index (κ1) is 27.1. The second kappa shape index (κ2) is 14.9. The van der Waals surface area contributed by atoms with Gasteiger partial charge in [-0.05, 0) is 24.3 Å². The first-order valence-electron chi connectivity index (χ1n) is 10.3. The van der Waals surface area contributed by atoms with Gasteiger partial charge in [-0.15, -0.1) is 0 Å². The minimum atomic E-state index is -0.833. The highest BCUT2D eigenvalue weighted by Gasteiger charge is 2.10. The molecule has 2 aromatic carbocycles. The Labute approximate surface area is 188 Å². The van der Waals surface area contributed by atoms with Gasteiger partial charge in [0.1, 0.15) is 0 Å². The fourth-order valence-electron chi connectivity index (χ4n) is 3.07. The number of carboxylic acids is 1. The predicted octanol–water partition coefficient (Wildman–Crippen LogP) is 0.776. The number of aliphatic carboxylic acids is 1. The Morgan fingerprint density at radius 2 is 0.938 bits per heavy atom. The molecule has 0 bridgehead atoms. The molecule has 0 spiro atoms. The van der Waals surface area contributed by atoms with Crippen molar-refractivity contribution in [3.63, 3.8) is 0 Å². The SMILES string of the molecule is CC(=O)O.N=C(c1ccc(N(CCO)CCO)cc1)c1ccc(N(CCO)CCO)cc1. The molecule has 6 N–H and O–H groups in total. The number of carboxylic acid groups (broad SMARTS) is 1. The molecule has 0 atom stereocenters. The van der Waals surface area contributed by atoms with Crippen molar-refractivity contribution in [3.05, 3.63) is 59.7 Å². The van der Waals surface area contributed by atoms with Gasteiger partial charge in [0.15, 0.2) is 0 Å². The van der Waals surface area contributed by atoms with Crippen molar-refractivity contribution in [3.8, 4) is 0 Å². The molecule has 176 valence electrons. The van der Waals surface area contributed by atoms with Crippen LogP contribution in [0.2, 0.25) is 0 Å². The lowest BCUT2D eigenvalue weighted by Gasteiger charge is -2.23. The van der Waals surface area contributed by atoms with Crippen LogP contribution >= 0.6 is 0 Å². The second-order valence-electron chi connectivity index (χ2n) is 6.86. The van der Waals surface area contributed by atoms with Gasteiger partial charge in [0.05, 0.1) is 32.1 Å². The van der Waals surface area contributed by atoms with Gasteiger partial charge >= 0.3 is 0 Å². The highest BCUT2D eigenvalue weighted by Crippen LogP contribution is 2.20. The van der Waals surface area contributed by atoms with Gasteiger partial charge in [0, 0.05) is 55.6 Å². The third-order valence-corrected chi connectivity index (χ3v) is 4.52. The summed E-state index contributed by atoms with van der Waals surface area (Å²) in [5.41, 5.74) is 3.71. The smallest absolute Gasteiger partial charge is 0.300 e. The summed E-state index contributed by atoms with van der Waals surface area (Å²) >= 11 is 0. The molecule has 0 aliphatic carbocycles. The third-order valence-electron chi connectivity index (χ3n) is 4.52. The molecule has 0 aliphatic heterocycles. The number of benzene rings is 2. The number of aliphatic hydroxyl groups is 4. The van der Waals surface area contributed by atoms with Crippen molar-refractivity contribution in [2.75, 3.05) is 62.4 Å². The summed E-state index contributed by atoms with van der Waals surface area (Å²) in [5.74, 6) is -0.833. The van der Waals surface area contributed by atoms with E-state index in [1.807, 2.05) is 58.3 Å². The van der Waals surface area contributed by atoms with Crippen LogP contribution in [0, 0.1) is 5.41 Å². The van der Waals surface area contributed by atoms with Crippen LogP contribution in [0.5, 0.6) is 0 Å². The van der Waals surface area contributed by atoms with Gasteiger partial charge < -0.3 is 35.3 Å². The maximum absolute atomic E-state index is 9.16. The summed E-state index contributed by atoms with van der Waals surface area (Å²) in [7, 11) is 0. The van der Waals surface area contributed by atoms with Gasteiger partial charge in [-0.2, -0.15) is 0 Å². The van der Waals surface area contributed by atoms with E-state index in [1.54, 1.807) is 0 Å². The van der Waals surface area contributed by atoms with E-state index in [-0.39, 0.29) is 26.4 Å². The normalized spacial score (nSPS) is 10.2. The molecule has 0 saturated carbocycles. The summed E-state index contributed by atoms with van der Waals surface area (Å²) in [5, 5.41) is 52.5. The Kier molecular flexibility index (Phi) is 12.6. The molecular formula is C23H33N3O6. The van der Waals surface area contributed by atoms with Crippen molar-refractivity contribution < 1.29 is 30.3 Å². The Hall–Kier alpha value is -2.98. The molecule has 0 fully saturated rings. The molecular weight excluding hydrogens is 414 g/mol. The van der Waals surface area contributed by atoms with Crippen LogP contribution in [-0.4, -0.2) is 89.8 Å². The summed E-state index contributed by atoms with van der Waals surface area (Å²) < 4.78 is 0. The zero-order chi connectivity index (χ0) is 23.9. The zero-order valence-corrected chi connectivity index (χ0v) is 18.3. The van der Waals surface area contributed by atoms with E-state index in [1.165, 1.54) is 0 Å². The first-order chi connectivity index (χ1) is 15.4. The highest BCUT2D eigenvalue weighted by molar-refractivity contribution is 6.11. The monoisotopic (exact) mass is 447 g/mol. The predicted molar refractivity (Wildman–Crippen MR) is 125 cm³/mol. The fraction of sp³-hybridized carbons (Fsp3) is 0.391. The van der Waals surface area contributed by atoms with Crippen LogP contribution in [0.4, 0.5) is 11.4 Å². The van der Waals surface area contributed by atoms with Crippen LogP contribution in [-0.2, 0) is 4.79 Å². The van der Waals surface area contributed by atoms with Crippen LogP contribution in [0.15, 0.2) is 48.5 Å². The van der Waals surface area contributed by atoms with E-state index in [0.717, 1.165) is 29.4 Å². The van der Waals surface area contributed by atoms with E-state index in [2.05, 4.69) is 0 Å². The molecule has 0 heterocycles. The summed E-state index contributed by atoms with van der Waals surface area (Å²) in [6.07, 6.45) is 0. The van der Waals surface area contributed by atoms with Gasteiger partial charge in [0.25, 0.3) is 5.97 Å². The number of rotatable bonds is 12. The molecule has 0 amide bonds. The largest absolute Gasteiger partial charge is 0.481 e. The summed E-state index contributed by atoms with van der Waals surface area (Å²) in [6, 6.07) is 15.0. The van der Waals surface area contributed by atoms with Crippen molar-refractivity contribution >= 4 is 23.1 Å². The van der Waals surface area contributed by atoms with Crippen LogP contribution < -0.4 is 9.80 Å². The van der Waals surface area contributed by atoms with Crippen LogP contribution in [0.1, 0.15) is 18.1 Å². The number of hydrogen-bond donors (Lipinski definition) is 6. The van der Waals surface area contributed by atoms with E-state index in [4.69, 9.17) is 35.7 Å². The summed E-state index contributed by atoms with van der Waals surface area (Å²) in [4.78, 5) is 12.8. The number of aliphatic hydroxyl groups excluding tert-OH is 4. The minimum Gasteiger partial charge on any atom is -0.481 e. The number of hydrogen-bond acceptors (Lipinski definition) is 8. The maximum atomic E-state index is 9.16. The maximum Gasteiger partial charge on any atom is 0.300 e. The number of nitrogens with zero attached hydrogens (tertiary/aromatic N) is 2. The molecule has 0 aromatic heterocycles. The standard InChI is InChI=1S/C21H29N3O4.C2H4O2/c22-21(17-1-5-19(6-2-17)23(9-13-25)10-14-26)18-3-7-20(8-4-18)24(11-15-27)12-16-28;1-2(3)4/h1-8,22,25-28H,9-16H2;1H3,(H,3,4). The Balaban J connectivity index is 0.00000118. The molecule has 9 heteroatoms. The molecule has 0 radical (unpaired) electrons. The lowest BCUT2D eigenvalue weighted by atomic mass is 10.0. The first-order valence-corrected chi connectivity index (χ1v) is 10.3. The number of nitrogens with one attached hydrogen (secondary N) is 1. The molecule has 0 saturated heterocycles. The molecule has 2 rings (SSSR count). The number of carbonyl (C=O) groups is 1. The van der Waals surface area contributed by atoms with Gasteiger partial charge in [-0.25, -0.2) is 0 Å². The molecule has 32 heavy (non-hydrogen) atoms. The van der Waals surface area contributed by atoms with Crippen molar-refractivity contribution in [1.29, 1.82) is 5.41 Å². The van der Waals surface area contributed by atoms with Crippen LogP contribution in [0.3, 0.4) is 0 Å². The van der Waals surface area contributed by atoms with Gasteiger partial charge in [-0.3, -0.25) is 10.2 Å². The van der Waals surface area contributed by atoms with Crippen LogP contribution in [0.25, 0.3) is 0 Å². The van der Waals surface area contributed by atoms with Crippen molar-refractivity contribution in [2.45, 2.75) is 6.92 Å². The average molecular weight is 448 g/mol. The van der Waals surface area contributed by atoms with E-state index in [9.17, 15) is 0 Å². The highest BCUT2D eigenvalue weighted by atomic mass is 16.4. The second-order valence-corrected chi connectivity index (χ2v) is 6.86. The van der Waals surface area contributed by atoms with E-state index in [0.29, 0.717) is 31.9 Å². The van der Waals surface area contributed by atoms with E-state index < -0.39 is 5.97 Å². The average Bonchev–Trinajstić information content (AvgIpc) is 2.78. The quantitative estimate of drug-likeness (QED) is 0.261. The third kappa shape index (κ3) is 9.03. The zero-order valence-electron chi connectivity index (χ0n) is 18.3. The Morgan fingerprint density at radius 1 is 0.688 bits per heavy atom. The van der Waals surface area contributed by atoms with Crippen molar-refractivity contribution in [1.82, 2.24) is 0 Å². The van der Waals surface area contributed by atoms with Gasteiger partial charge in [0.2, 0.25) is 0 Å². The number of anilines is 2. The molecule has 0 unspecified atom stereocenters. The Bertz CT molecular complexity index is 734. The summed E-state index contributed by atoms with van der Waals surface area (Å²) in [6.45, 7) is 2.88. The van der Waals surface area contributed by atoms with Gasteiger partial charge in [-0.1, -0.05) is 24.3 Å². The fourth-order valence-corrected chi connectivity index (χ4v) is 3.07. The topological polar surface area (TPSA) is 149 Å². The molecule has 9 nitrogen and oxygen atoms in total. The lowest BCUT2D eigenvalue weighted by Crippen LogP contribution is -2.29. The molecule has 0 aliphatic rings. The Morgan fingerprint density at radius 3 is 1.16 bits per heavy atom. The lowest BCUT2D eigenvalue weighted by molar-refractivity contribution is -0.134. The minimum absolute atomic E-state index is 0.00744.